The molecule has 0 aliphatic heterocycles. The van der Waals surface area contributed by atoms with Gasteiger partial charge < -0.3 is 30.2 Å². The Bertz CT molecular complexity index is 1830. The predicted molar refractivity (Wildman–Crippen MR) is 180 cm³/mol. The van der Waals surface area contributed by atoms with E-state index < -0.39 is 16.7 Å². The molecule has 0 saturated carbocycles. The minimum Gasteiger partial charge on any atom is -0.496 e. The molecule has 0 aromatic heterocycles. The van der Waals surface area contributed by atoms with E-state index >= 15 is 0 Å². The number of nitrogens with zero attached hydrogens (tertiary/aromatic N) is 1. The molecule has 47 heavy (non-hydrogen) atoms. The summed E-state index contributed by atoms with van der Waals surface area (Å²) in [5.74, 6) is -0.277. The number of hydrogen-bond donors (Lipinski definition) is 3. The number of hydrogen-bond acceptors (Lipinski definition) is 9. The summed E-state index contributed by atoms with van der Waals surface area (Å²) >= 11 is 1.21. The van der Waals surface area contributed by atoms with Crippen molar-refractivity contribution in [2.45, 2.75) is 11.8 Å². The molecule has 12 nitrogen and oxygen atoms in total. The molecule has 0 unspecified atom stereocenters. The summed E-state index contributed by atoms with van der Waals surface area (Å²) in [5.41, 5.74) is 2.05. The van der Waals surface area contributed by atoms with Gasteiger partial charge in [-0.2, -0.15) is 0 Å². The summed E-state index contributed by atoms with van der Waals surface area (Å²) < 4.78 is 16.3. The zero-order valence-corrected chi connectivity index (χ0v) is 26.8. The van der Waals surface area contributed by atoms with Gasteiger partial charge in [0.2, 0.25) is 5.91 Å². The topological polar surface area (TPSA) is 158 Å². The van der Waals surface area contributed by atoms with Crippen molar-refractivity contribution in [2.24, 2.45) is 0 Å². The number of methoxy groups -OCH3 is 3. The van der Waals surface area contributed by atoms with E-state index in [0.29, 0.717) is 50.2 Å². The molecule has 3 N–H and O–H groups in total. The van der Waals surface area contributed by atoms with Gasteiger partial charge in [0.05, 0.1) is 37.7 Å². The first-order valence-corrected chi connectivity index (χ1v) is 15.1. The second kappa shape index (κ2) is 16.0. The Morgan fingerprint density at radius 1 is 0.830 bits per heavy atom. The molecule has 0 fully saturated rings. The van der Waals surface area contributed by atoms with Crippen molar-refractivity contribution in [1.82, 2.24) is 5.32 Å². The molecule has 0 aliphatic carbocycles. The maximum Gasteiger partial charge on any atom is 0.272 e. The van der Waals surface area contributed by atoms with Gasteiger partial charge >= 0.3 is 0 Å². The zero-order valence-electron chi connectivity index (χ0n) is 26.0. The Morgan fingerprint density at radius 2 is 1.53 bits per heavy atom. The van der Waals surface area contributed by atoms with E-state index in [4.69, 9.17) is 14.2 Å². The Kier molecular flexibility index (Phi) is 11.6. The third-order valence-electron chi connectivity index (χ3n) is 6.73. The number of carbonyl (C=O) groups is 3. The highest BCUT2D eigenvalue weighted by Gasteiger charge is 2.18. The first kappa shape index (κ1) is 34.1. The van der Waals surface area contributed by atoms with Crippen LogP contribution in [0.5, 0.6) is 17.2 Å². The fourth-order valence-corrected chi connectivity index (χ4v) is 5.07. The van der Waals surface area contributed by atoms with Gasteiger partial charge in [-0.15, -0.1) is 11.8 Å². The molecule has 0 aliphatic rings. The molecular formula is C34H32N4O8S. The monoisotopic (exact) mass is 656 g/mol. The number of non-ortho nitro benzene ring substituents is 1. The van der Waals surface area contributed by atoms with Gasteiger partial charge in [-0.25, -0.2) is 0 Å². The fourth-order valence-electron chi connectivity index (χ4n) is 4.32. The number of carbonyl (C=O) groups excluding carboxylic acids is 3. The van der Waals surface area contributed by atoms with E-state index in [0.717, 1.165) is 0 Å². The Labute approximate surface area is 275 Å². The summed E-state index contributed by atoms with van der Waals surface area (Å²) in [6, 6.07) is 22.8. The van der Waals surface area contributed by atoms with Crippen LogP contribution in [-0.2, 0) is 9.59 Å². The third kappa shape index (κ3) is 9.11. The molecule has 0 saturated heterocycles. The van der Waals surface area contributed by atoms with E-state index in [9.17, 15) is 24.5 Å². The van der Waals surface area contributed by atoms with Crippen LogP contribution in [0.2, 0.25) is 0 Å². The fraction of sp³-hybridized carbons (Fsp3) is 0.147. The van der Waals surface area contributed by atoms with Gasteiger partial charge in [-0.05, 0) is 55.0 Å². The zero-order chi connectivity index (χ0) is 33.9. The summed E-state index contributed by atoms with van der Waals surface area (Å²) in [6.07, 6.45) is 1.47. The summed E-state index contributed by atoms with van der Waals surface area (Å²) in [5, 5.41) is 19.3. The molecule has 242 valence electrons. The third-order valence-corrected chi connectivity index (χ3v) is 7.73. The number of benzene rings is 4. The molecular weight excluding hydrogens is 624 g/mol. The Morgan fingerprint density at radius 3 is 2.21 bits per heavy atom. The lowest BCUT2D eigenvalue weighted by Gasteiger charge is -2.15. The summed E-state index contributed by atoms with van der Waals surface area (Å²) in [4.78, 5) is 50.7. The lowest BCUT2D eigenvalue weighted by atomic mass is 10.1. The largest absolute Gasteiger partial charge is 0.496 e. The first-order chi connectivity index (χ1) is 22.6. The Balaban J connectivity index is 1.54. The lowest BCUT2D eigenvalue weighted by molar-refractivity contribution is -0.384. The smallest absolute Gasteiger partial charge is 0.272 e. The van der Waals surface area contributed by atoms with Gasteiger partial charge in [0.15, 0.2) is 11.5 Å². The van der Waals surface area contributed by atoms with Crippen LogP contribution in [0.15, 0.2) is 95.5 Å². The van der Waals surface area contributed by atoms with Crippen LogP contribution in [0.1, 0.15) is 21.5 Å². The number of amides is 3. The minimum absolute atomic E-state index is 0.0108. The number of aryl methyl sites for hydroxylation is 1. The van der Waals surface area contributed by atoms with Crippen molar-refractivity contribution in [1.29, 1.82) is 0 Å². The number of nitrogens with one attached hydrogen (secondary N) is 3. The minimum atomic E-state index is -0.618. The second-order valence-electron chi connectivity index (χ2n) is 9.90. The van der Waals surface area contributed by atoms with Gasteiger partial charge in [-0.1, -0.05) is 30.3 Å². The normalized spacial score (nSPS) is 10.9. The number of nitro benzene ring substituents is 1. The number of nitro groups is 1. The molecule has 0 spiro atoms. The molecule has 0 atom stereocenters. The van der Waals surface area contributed by atoms with Crippen molar-refractivity contribution in [2.75, 3.05) is 37.7 Å². The average Bonchev–Trinajstić information content (AvgIpc) is 3.08. The molecule has 0 radical (unpaired) electrons. The van der Waals surface area contributed by atoms with Crippen molar-refractivity contribution in [3.63, 3.8) is 0 Å². The quantitative estimate of drug-likeness (QED) is 0.0672. The lowest BCUT2D eigenvalue weighted by Crippen LogP contribution is -2.30. The molecule has 4 aromatic carbocycles. The molecule has 0 heterocycles. The standard InChI is InChI=1S/C34H32N4O8S/c1-21-13-14-25(38(42)43)18-27(21)36-32(39)20-47-26-12-8-11-24(17-26)35-34(41)28(37-33(40)22-9-6-5-7-10-22)15-23-16-30(45-3)31(46-4)19-29(23)44-2/h5-19H,20H2,1-4H3,(H,35,41)(H,36,39)(H,37,40)/b28-15+. The second-order valence-corrected chi connectivity index (χ2v) is 11.0. The average molecular weight is 657 g/mol. The number of ether oxygens (including phenoxy) is 3. The highest BCUT2D eigenvalue weighted by Crippen LogP contribution is 2.36. The molecule has 4 aromatic rings. The highest BCUT2D eigenvalue weighted by molar-refractivity contribution is 8.00. The maximum absolute atomic E-state index is 13.6. The van der Waals surface area contributed by atoms with Crippen LogP contribution in [0, 0.1) is 17.0 Å². The van der Waals surface area contributed by atoms with Gasteiger partial charge in [0.1, 0.15) is 11.4 Å². The Hall–Kier alpha value is -5.82. The van der Waals surface area contributed by atoms with Crippen molar-refractivity contribution in [3.05, 3.63) is 117 Å². The SMILES string of the molecule is COc1cc(OC)c(OC)cc1/C=C(/NC(=O)c1ccccc1)C(=O)Nc1cccc(SCC(=O)Nc2cc([N+](=O)[O-])ccc2C)c1. The van der Waals surface area contributed by atoms with Gasteiger partial charge in [0, 0.05) is 39.9 Å². The van der Waals surface area contributed by atoms with Crippen molar-refractivity contribution >= 4 is 52.6 Å². The van der Waals surface area contributed by atoms with Gasteiger partial charge in [-0.3, -0.25) is 24.5 Å². The van der Waals surface area contributed by atoms with Crippen LogP contribution in [0.25, 0.3) is 6.08 Å². The van der Waals surface area contributed by atoms with E-state index in [1.807, 2.05) is 0 Å². The van der Waals surface area contributed by atoms with Crippen LogP contribution in [0.3, 0.4) is 0 Å². The predicted octanol–water partition coefficient (Wildman–Crippen LogP) is 6.07. The first-order valence-electron chi connectivity index (χ1n) is 14.1. The van der Waals surface area contributed by atoms with Crippen molar-refractivity contribution in [3.8, 4) is 17.2 Å². The van der Waals surface area contributed by atoms with E-state index in [-0.39, 0.29) is 23.0 Å². The van der Waals surface area contributed by atoms with E-state index in [1.54, 1.807) is 79.7 Å². The van der Waals surface area contributed by atoms with E-state index in [2.05, 4.69) is 16.0 Å². The molecule has 4 rings (SSSR count). The van der Waals surface area contributed by atoms with Crippen molar-refractivity contribution < 1.29 is 33.5 Å². The maximum atomic E-state index is 13.6. The molecule has 13 heteroatoms. The number of anilines is 2. The summed E-state index contributed by atoms with van der Waals surface area (Å²) in [7, 11) is 4.43. The van der Waals surface area contributed by atoms with Crippen LogP contribution < -0.4 is 30.2 Å². The van der Waals surface area contributed by atoms with E-state index in [1.165, 1.54) is 51.3 Å². The number of rotatable bonds is 13. The van der Waals surface area contributed by atoms with Gasteiger partial charge in [0.25, 0.3) is 17.5 Å². The molecule has 3 amide bonds. The van der Waals surface area contributed by atoms with Crippen LogP contribution in [-0.4, -0.2) is 49.7 Å². The van der Waals surface area contributed by atoms with Crippen LogP contribution >= 0.6 is 11.8 Å². The van der Waals surface area contributed by atoms with Crippen LogP contribution in [0.4, 0.5) is 17.1 Å². The highest BCUT2D eigenvalue weighted by atomic mass is 32.2. The number of thioether (sulfide) groups is 1. The summed E-state index contributed by atoms with van der Waals surface area (Å²) in [6.45, 7) is 1.74. The molecule has 0 bridgehead atoms.